The molecule has 4 saturated heterocycles. The highest BCUT2D eigenvalue weighted by Gasteiger charge is 2.42. The van der Waals surface area contributed by atoms with E-state index >= 15 is 0 Å². The van der Waals surface area contributed by atoms with E-state index in [0.29, 0.717) is 56.7 Å². The van der Waals surface area contributed by atoms with Gasteiger partial charge in [-0.2, -0.15) is 25.3 Å². The maximum absolute atomic E-state index is 14.7. The smallest absolute Gasteiger partial charge is 0.319 e. The summed E-state index contributed by atoms with van der Waals surface area (Å²) in [6, 6.07) is 27.4. The number of rotatable bonds is 16. The summed E-state index contributed by atoms with van der Waals surface area (Å²) in [7, 11) is 0. The standard InChI is InChI=1S/C63H68N12O5/c1-5-74-53(20-23-67-74)41-12-9-38(10-13-41)30-65-61(76)54-7-6-24-72(54)62(77)58(36(2)3)75-34-50-46-17-11-39(27-42(46)16-19-52(50)71-75)35-79-59-56(55-37(4)8-18-51-49(55)32-66-70-51)47(40-14-15-40)29-48-57(59)68-63(80-45-21-25-78-26-22-45)69-60(48)73-33-43-28-44(73)31-64-43/h8-13,16-20,23,27,29,32,34,36,40,43-45,54,58,64H,5-7,14-15,21-22,24-26,28,30-31,33,35H2,1-4H3,(H,65,76)(H,66,70). The summed E-state index contributed by atoms with van der Waals surface area (Å²) in [6.07, 6.45) is 11.9. The van der Waals surface area contributed by atoms with Crippen molar-refractivity contribution in [2.24, 2.45) is 5.92 Å². The van der Waals surface area contributed by atoms with Gasteiger partial charge in [-0.3, -0.25) is 24.1 Å². The average molecular weight is 1070 g/mol. The second-order valence-electron chi connectivity index (χ2n) is 23.1. The molecule has 2 amide bonds. The zero-order chi connectivity index (χ0) is 54.2. The van der Waals surface area contributed by atoms with Crippen molar-refractivity contribution in [1.29, 1.82) is 0 Å². The minimum absolute atomic E-state index is 0.0460. The lowest BCUT2D eigenvalue weighted by molar-refractivity contribution is -0.142. The molecule has 80 heavy (non-hydrogen) atoms. The second-order valence-corrected chi connectivity index (χ2v) is 23.1. The summed E-state index contributed by atoms with van der Waals surface area (Å²) < 4.78 is 23.6. The number of ether oxygens (including phenoxy) is 3. The van der Waals surface area contributed by atoms with Crippen molar-refractivity contribution in [3.05, 3.63) is 120 Å². The zero-order valence-electron chi connectivity index (χ0n) is 46.0. The van der Waals surface area contributed by atoms with E-state index in [4.69, 9.17) is 29.3 Å². The van der Waals surface area contributed by atoms with Gasteiger partial charge in [0.05, 0.1) is 36.1 Å². The summed E-state index contributed by atoms with van der Waals surface area (Å²) in [6.45, 7) is 13.4. The number of anilines is 1. The highest BCUT2D eigenvalue weighted by atomic mass is 16.5. The number of carbonyl (C=O) groups excluding carboxylic acids is 2. The van der Waals surface area contributed by atoms with Crippen LogP contribution in [0.25, 0.3) is 65.9 Å². The molecular formula is C63H68N12O5. The van der Waals surface area contributed by atoms with Crippen molar-refractivity contribution in [3.8, 4) is 34.1 Å². The lowest BCUT2D eigenvalue weighted by Gasteiger charge is -2.31. The number of benzene rings is 5. The molecule has 5 aliphatic rings. The maximum atomic E-state index is 14.7. The fourth-order valence-corrected chi connectivity index (χ4v) is 13.2. The van der Waals surface area contributed by atoms with Crippen LogP contribution in [0.3, 0.4) is 0 Å². The van der Waals surface area contributed by atoms with Gasteiger partial charge in [0.15, 0.2) is 5.75 Å². The Morgan fingerprint density at radius 3 is 2.52 bits per heavy atom. The van der Waals surface area contributed by atoms with E-state index in [0.717, 1.165) is 152 Å². The van der Waals surface area contributed by atoms with Gasteiger partial charge in [0.2, 0.25) is 11.8 Å². The normalized spacial score (nSPS) is 19.8. The van der Waals surface area contributed by atoms with Gasteiger partial charge in [-0.15, -0.1) is 0 Å². The Morgan fingerprint density at radius 1 is 0.887 bits per heavy atom. The van der Waals surface area contributed by atoms with Crippen molar-refractivity contribution >= 4 is 61.1 Å². The Bertz CT molecular complexity index is 3840. The lowest BCUT2D eigenvalue weighted by atomic mass is 9.89. The summed E-state index contributed by atoms with van der Waals surface area (Å²) >= 11 is 0. The van der Waals surface area contributed by atoms with Crippen LogP contribution < -0.4 is 25.0 Å². The maximum Gasteiger partial charge on any atom is 0.319 e. The number of nitrogens with one attached hydrogen (secondary N) is 3. The first-order valence-electron chi connectivity index (χ1n) is 28.9. The molecule has 4 aliphatic heterocycles. The van der Waals surface area contributed by atoms with Crippen LogP contribution in [-0.4, -0.2) is 114 Å². The molecule has 17 heteroatoms. The molecule has 9 aromatic rings. The van der Waals surface area contributed by atoms with E-state index in [2.05, 4.69) is 99.3 Å². The number of hydrogen-bond donors (Lipinski definition) is 3. The average Bonchev–Trinajstić information content (AvgIpc) is 4.31. The second kappa shape index (κ2) is 20.6. The third-order valence-electron chi connectivity index (χ3n) is 17.5. The number of aryl methyl sites for hydroxylation is 2. The van der Waals surface area contributed by atoms with E-state index in [1.165, 1.54) is 5.56 Å². The van der Waals surface area contributed by atoms with Crippen LogP contribution in [0.5, 0.6) is 11.8 Å². The Balaban J connectivity index is 0.769. The molecule has 0 spiro atoms. The molecule has 4 unspecified atom stereocenters. The highest BCUT2D eigenvalue weighted by Crippen LogP contribution is 2.53. The quantitative estimate of drug-likeness (QED) is 0.0834. The number of nitrogens with zero attached hydrogens (tertiary/aromatic N) is 9. The number of aromatic nitrogens is 8. The summed E-state index contributed by atoms with van der Waals surface area (Å²) in [4.78, 5) is 43.5. The van der Waals surface area contributed by atoms with Gasteiger partial charge in [0, 0.05) is 91.8 Å². The van der Waals surface area contributed by atoms with Crippen LogP contribution in [-0.2, 0) is 34.0 Å². The van der Waals surface area contributed by atoms with Crippen LogP contribution in [0.1, 0.15) is 99.9 Å². The van der Waals surface area contributed by atoms with Crippen molar-refractivity contribution in [3.63, 3.8) is 0 Å². The number of fused-ring (bicyclic) bond motifs is 7. The molecule has 3 N–H and O–H groups in total. The monoisotopic (exact) mass is 1070 g/mol. The number of H-pyrrole nitrogens is 1. The fourth-order valence-electron chi connectivity index (χ4n) is 13.2. The van der Waals surface area contributed by atoms with Gasteiger partial charge in [-0.1, -0.05) is 62.4 Å². The first-order chi connectivity index (χ1) is 39.1. The predicted octanol–water partition coefficient (Wildman–Crippen LogP) is 9.94. The van der Waals surface area contributed by atoms with E-state index in [9.17, 15) is 9.59 Å². The summed E-state index contributed by atoms with van der Waals surface area (Å²) in [5.74, 6) is 1.70. The molecule has 2 bridgehead atoms. The van der Waals surface area contributed by atoms with Crippen LogP contribution in [0.2, 0.25) is 0 Å². The topological polar surface area (TPSA) is 182 Å². The Kier molecular flexibility index (Phi) is 13.0. The molecule has 1 aliphatic carbocycles. The van der Waals surface area contributed by atoms with E-state index < -0.39 is 12.1 Å². The van der Waals surface area contributed by atoms with E-state index in [1.54, 1.807) is 4.90 Å². The fraction of sp³-hybridized carbons (Fsp3) is 0.413. The molecular weight excluding hydrogens is 1000 g/mol. The predicted molar refractivity (Wildman–Crippen MR) is 309 cm³/mol. The Labute approximate surface area is 464 Å². The van der Waals surface area contributed by atoms with Gasteiger partial charge < -0.3 is 34.6 Å². The molecule has 8 heterocycles. The minimum Gasteiger partial charge on any atom is -0.486 e. The third kappa shape index (κ3) is 9.17. The zero-order valence-corrected chi connectivity index (χ0v) is 46.0. The summed E-state index contributed by atoms with van der Waals surface area (Å²) in [5, 5.41) is 29.1. The number of likely N-dealkylation sites (tertiary alicyclic amines) is 1. The van der Waals surface area contributed by atoms with Crippen molar-refractivity contribution in [1.82, 2.24) is 55.3 Å². The summed E-state index contributed by atoms with van der Waals surface area (Å²) in [5.41, 5.74) is 11.2. The van der Waals surface area contributed by atoms with Gasteiger partial charge in [-0.05, 0) is 132 Å². The Hall–Kier alpha value is -7.89. The lowest BCUT2D eigenvalue weighted by Crippen LogP contribution is -2.48. The van der Waals surface area contributed by atoms with Crippen LogP contribution in [0, 0.1) is 12.8 Å². The molecule has 17 nitrogen and oxygen atoms in total. The number of piperazine rings is 1. The molecule has 4 atom stereocenters. The molecule has 410 valence electrons. The number of hydrogen-bond acceptors (Lipinski definition) is 12. The molecule has 0 radical (unpaired) electrons. The van der Waals surface area contributed by atoms with Gasteiger partial charge in [-0.25, -0.2) is 0 Å². The van der Waals surface area contributed by atoms with Gasteiger partial charge in [0.1, 0.15) is 36.1 Å². The number of carbonyl (C=O) groups is 2. The Morgan fingerprint density at radius 2 is 1.74 bits per heavy atom. The first-order valence-corrected chi connectivity index (χ1v) is 28.9. The van der Waals surface area contributed by atoms with Crippen LogP contribution in [0.4, 0.5) is 5.82 Å². The SMILES string of the molecule is CCn1nccc1-c1ccc(CNC(=O)C2CCCN2C(=O)C(C(C)C)n2cc3c(ccc4cc(COc5c(-c6c(C)ccc7[nH]ncc67)c(C6CC6)cc6c(N7CC8CC7CN8)nc(OC7CCOCC7)nc56)ccc43)n2)cc1. The van der Waals surface area contributed by atoms with Crippen molar-refractivity contribution < 1.29 is 23.8 Å². The highest BCUT2D eigenvalue weighted by molar-refractivity contribution is 6.07. The van der Waals surface area contributed by atoms with Crippen molar-refractivity contribution in [2.45, 2.75) is 129 Å². The molecule has 5 aromatic carbocycles. The van der Waals surface area contributed by atoms with Crippen LogP contribution in [0.15, 0.2) is 97.5 Å². The number of aromatic amines is 1. The van der Waals surface area contributed by atoms with E-state index in [1.807, 2.05) is 66.1 Å². The van der Waals surface area contributed by atoms with E-state index in [-0.39, 0.29) is 30.4 Å². The molecule has 4 aromatic heterocycles. The van der Waals surface area contributed by atoms with Crippen molar-refractivity contribution in [2.75, 3.05) is 37.7 Å². The molecule has 5 fully saturated rings. The third-order valence-corrected chi connectivity index (χ3v) is 17.5. The van der Waals surface area contributed by atoms with Gasteiger partial charge >= 0.3 is 6.01 Å². The van der Waals surface area contributed by atoms with Gasteiger partial charge in [0.25, 0.3) is 0 Å². The first kappa shape index (κ1) is 50.3. The molecule has 1 saturated carbocycles. The largest absolute Gasteiger partial charge is 0.486 e. The number of amides is 2. The van der Waals surface area contributed by atoms with Crippen LogP contribution >= 0.6 is 0 Å². The minimum atomic E-state index is -0.598. The molecule has 14 rings (SSSR count).